The Balaban J connectivity index is 0.00000162. The number of halogens is 1. The normalized spacial score (nSPS) is 26.2. The molecule has 1 amide bonds. The average molecular weight is 277 g/mol. The predicted octanol–water partition coefficient (Wildman–Crippen LogP) is 1.61. The van der Waals surface area contributed by atoms with Crippen molar-refractivity contribution >= 4 is 18.3 Å². The predicted molar refractivity (Wildman–Crippen MR) is 73.8 cm³/mol. The quantitative estimate of drug-likeness (QED) is 0.775. The lowest BCUT2D eigenvalue weighted by Crippen LogP contribution is -2.53. The molecule has 1 aliphatic carbocycles. The van der Waals surface area contributed by atoms with Gasteiger partial charge < -0.3 is 15.8 Å². The van der Waals surface area contributed by atoms with Crippen LogP contribution in [0.2, 0.25) is 0 Å². The maximum absolute atomic E-state index is 11.9. The molecule has 2 unspecified atom stereocenters. The standard InChI is InChI=1S/C13H24N2O2.ClH/c1-13(9-14,10-4-5-10)15-12(16)7-6-11-3-2-8-17-11;/h10-11H,2-9,14H2,1H3,(H,15,16);1H. The zero-order valence-electron chi connectivity index (χ0n) is 11.1. The Morgan fingerprint density at radius 1 is 1.44 bits per heavy atom. The number of carbonyl (C=O) groups excluding carboxylic acids is 1. The molecule has 0 aromatic rings. The molecule has 106 valence electrons. The van der Waals surface area contributed by atoms with Crippen LogP contribution >= 0.6 is 12.4 Å². The summed E-state index contributed by atoms with van der Waals surface area (Å²) < 4.78 is 5.51. The first kappa shape index (κ1) is 15.7. The molecule has 5 heteroatoms. The molecule has 1 saturated heterocycles. The fraction of sp³-hybridized carbons (Fsp3) is 0.923. The first-order valence-corrected chi connectivity index (χ1v) is 6.77. The largest absolute Gasteiger partial charge is 0.378 e. The summed E-state index contributed by atoms with van der Waals surface area (Å²) in [5, 5.41) is 3.11. The van der Waals surface area contributed by atoms with E-state index in [2.05, 4.69) is 12.2 Å². The highest BCUT2D eigenvalue weighted by Crippen LogP contribution is 2.39. The van der Waals surface area contributed by atoms with E-state index in [1.807, 2.05) is 0 Å². The fourth-order valence-electron chi connectivity index (χ4n) is 2.59. The second-order valence-electron chi connectivity index (χ2n) is 5.62. The van der Waals surface area contributed by atoms with Crippen molar-refractivity contribution in [2.75, 3.05) is 13.2 Å². The molecule has 2 aliphatic rings. The van der Waals surface area contributed by atoms with Gasteiger partial charge in [-0.3, -0.25) is 4.79 Å². The molecular formula is C13H25ClN2O2. The van der Waals surface area contributed by atoms with E-state index in [0.29, 0.717) is 25.0 Å². The molecule has 0 bridgehead atoms. The minimum Gasteiger partial charge on any atom is -0.378 e. The van der Waals surface area contributed by atoms with Crippen LogP contribution in [-0.2, 0) is 9.53 Å². The van der Waals surface area contributed by atoms with Gasteiger partial charge in [-0.2, -0.15) is 0 Å². The molecule has 3 N–H and O–H groups in total. The smallest absolute Gasteiger partial charge is 0.220 e. The van der Waals surface area contributed by atoms with Crippen LogP contribution in [0.1, 0.15) is 45.4 Å². The number of rotatable bonds is 6. The summed E-state index contributed by atoms with van der Waals surface area (Å²) in [4.78, 5) is 11.9. The number of nitrogens with two attached hydrogens (primary N) is 1. The summed E-state index contributed by atoms with van der Waals surface area (Å²) in [6.45, 7) is 3.45. The second kappa shape index (κ2) is 6.73. The van der Waals surface area contributed by atoms with E-state index in [1.165, 1.54) is 12.8 Å². The summed E-state index contributed by atoms with van der Waals surface area (Å²) in [6.07, 6.45) is 6.33. The molecule has 2 rings (SSSR count). The van der Waals surface area contributed by atoms with Gasteiger partial charge in [0.1, 0.15) is 0 Å². The Kier molecular flexibility index (Phi) is 5.89. The number of carbonyl (C=O) groups is 1. The van der Waals surface area contributed by atoms with Gasteiger partial charge >= 0.3 is 0 Å². The Labute approximate surface area is 115 Å². The lowest BCUT2D eigenvalue weighted by Gasteiger charge is -2.29. The Hall–Kier alpha value is -0.320. The molecule has 1 saturated carbocycles. The van der Waals surface area contributed by atoms with Gasteiger partial charge in [0.05, 0.1) is 11.6 Å². The van der Waals surface area contributed by atoms with Gasteiger partial charge in [-0.05, 0) is 44.9 Å². The van der Waals surface area contributed by atoms with Crippen molar-refractivity contribution in [1.82, 2.24) is 5.32 Å². The number of ether oxygens (including phenoxy) is 1. The van der Waals surface area contributed by atoms with Crippen LogP contribution in [-0.4, -0.2) is 30.7 Å². The molecule has 1 aliphatic heterocycles. The Morgan fingerprint density at radius 2 is 2.17 bits per heavy atom. The second-order valence-corrected chi connectivity index (χ2v) is 5.62. The van der Waals surface area contributed by atoms with Gasteiger partial charge in [0.25, 0.3) is 0 Å². The van der Waals surface area contributed by atoms with Crippen LogP contribution in [0.5, 0.6) is 0 Å². The summed E-state index contributed by atoms with van der Waals surface area (Å²) in [5.41, 5.74) is 5.59. The summed E-state index contributed by atoms with van der Waals surface area (Å²) >= 11 is 0. The monoisotopic (exact) mass is 276 g/mol. The van der Waals surface area contributed by atoms with Crippen molar-refractivity contribution in [2.45, 2.75) is 57.1 Å². The van der Waals surface area contributed by atoms with Crippen LogP contribution < -0.4 is 11.1 Å². The van der Waals surface area contributed by atoms with Gasteiger partial charge in [0, 0.05) is 19.6 Å². The van der Waals surface area contributed by atoms with Crippen molar-refractivity contribution < 1.29 is 9.53 Å². The number of amides is 1. The molecule has 1 heterocycles. The van der Waals surface area contributed by atoms with Crippen LogP contribution in [0, 0.1) is 5.92 Å². The minimum absolute atomic E-state index is 0. The first-order valence-electron chi connectivity index (χ1n) is 6.77. The van der Waals surface area contributed by atoms with Crippen LogP contribution in [0.3, 0.4) is 0 Å². The maximum atomic E-state index is 11.9. The zero-order valence-corrected chi connectivity index (χ0v) is 11.9. The van der Waals surface area contributed by atoms with Crippen molar-refractivity contribution in [1.29, 1.82) is 0 Å². The summed E-state index contributed by atoms with van der Waals surface area (Å²) in [7, 11) is 0. The maximum Gasteiger partial charge on any atom is 0.220 e. The molecule has 0 spiro atoms. The molecule has 18 heavy (non-hydrogen) atoms. The van der Waals surface area contributed by atoms with E-state index in [-0.39, 0.29) is 23.9 Å². The van der Waals surface area contributed by atoms with E-state index in [1.54, 1.807) is 0 Å². The third-order valence-electron chi connectivity index (χ3n) is 4.04. The Morgan fingerprint density at radius 3 is 2.67 bits per heavy atom. The molecule has 0 radical (unpaired) electrons. The van der Waals surface area contributed by atoms with Crippen LogP contribution in [0.4, 0.5) is 0 Å². The van der Waals surface area contributed by atoms with Gasteiger partial charge in [0.15, 0.2) is 0 Å². The fourth-order valence-corrected chi connectivity index (χ4v) is 2.59. The van der Waals surface area contributed by atoms with Crippen molar-refractivity contribution in [3.8, 4) is 0 Å². The number of hydrogen-bond acceptors (Lipinski definition) is 3. The van der Waals surface area contributed by atoms with Gasteiger partial charge in [-0.15, -0.1) is 12.4 Å². The SMILES string of the molecule is CC(CN)(NC(=O)CCC1CCCO1)C1CC1.Cl. The van der Waals surface area contributed by atoms with Gasteiger partial charge in [-0.25, -0.2) is 0 Å². The lowest BCUT2D eigenvalue weighted by atomic mass is 9.95. The molecular weight excluding hydrogens is 252 g/mol. The minimum atomic E-state index is -0.187. The molecule has 0 aromatic carbocycles. The third-order valence-corrected chi connectivity index (χ3v) is 4.04. The van der Waals surface area contributed by atoms with Crippen LogP contribution in [0.15, 0.2) is 0 Å². The summed E-state index contributed by atoms with van der Waals surface area (Å²) in [6, 6.07) is 0. The lowest BCUT2D eigenvalue weighted by molar-refractivity contribution is -0.123. The number of nitrogens with one attached hydrogen (secondary N) is 1. The average Bonchev–Trinajstić information content (AvgIpc) is 3.05. The van der Waals surface area contributed by atoms with E-state index >= 15 is 0 Å². The first-order chi connectivity index (χ1) is 8.14. The van der Waals surface area contributed by atoms with Crippen molar-refractivity contribution in [2.24, 2.45) is 11.7 Å². The highest BCUT2D eigenvalue weighted by molar-refractivity contribution is 5.85. The highest BCUT2D eigenvalue weighted by atomic mass is 35.5. The number of hydrogen-bond donors (Lipinski definition) is 2. The van der Waals surface area contributed by atoms with E-state index in [9.17, 15) is 4.79 Å². The molecule has 2 fully saturated rings. The van der Waals surface area contributed by atoms with Crippen molar-refractivity contribution in [3.63, 3.8) is 0 Å². The molecule has 4 nitrogen and oxygen atoms in total. The topological polar surface area (TPSA) is 64.3 Å². The third kappa shape index (κ3) is 4.11. The van der Waals surface area contributed by atoms with E-state index < -0.39 is 0 Å². The van der Waals surface area contributed by atoms with E-state index in [4.69, 9.17) is 10.5 Å². The van der Waals surface area contributed by atoms with Crippen LogP contribution in [0.25, 0.3) is 0 Å². The van der Waals surface area contributed by atoms with Gasteiger partial charge in [0.2, 0.25) is 5.91 Å². The highest BCUT2D eigenvalue weighted by Gasteiger charge is 2.41. The summed E-state index contributed by atoms with van der Waals surface area (Å²) in [5.74, 6) is 0.708. The molecule has 0 aromatic heterocycles. The molecule has 2 atom stereocenters. The van der Waals surface area contributed by atoms with Crippen molar-refractivity contribution in [3.05, 3.63) is 0 Å². The van der Waals surface area contributed by atoms with Gasteiger partial charge in [-0.1, -0.05) is 0 Å². The zero-order chi connectivity index (χ0) is 12.3. The Bertz CT molecular complexity index is 278. The van der Waals surface area contributed by atoms with E-state index in [0.717, 1.165) is 25.9 Å².